The highest BCUT2D eigenvalue weighted by atomic mass is 32.1. The number of anilines is 1. The van der Waals surface area contributed by atoms with Crippen molar-refractivity contribution in [3.05, 3.63) is 16.0 Å². The summed E-state index contributed by atoms with van der Waals surface area (Å²) < 4.78 is 0. The molecule has 21 heavy (non-hydrogen) atoms. The minimum atomic E-state index is -0.785. The van der Waals surface area contributed by atoms with Crippen LogP contribution < -0.4 is 4.90 Å². The fourth-order valence-electron chi connectivity index (χ4n) is 2.69. The highest BCUT2D eigenvalue weighted by Gasteiger charge is 2.25. The molecule has 0 saturated carbocycles. The van der Waals surface area contributed by atoms with Gasteiger partial charge in [-0.1, -0.05) is 13.8 Å². The van der Waals surface area contributed by atoms with Crippen molar-refractivity contribution in [2.75, 3.05) is 18.0 Å². The van der Waals surface area contributed by atoms with E-state index in [0.29, 0.717) is 12.5 Å². The van der Waals surface area contributed by atoms with Crippen LogP contribution in [0.5, 0.6) is 0 Å². The van der Waals surface area contributed by atoms with Gasteiger partial charge in [-0.2, -0.15) is 5.26 Å². The van der Waals surface area contributed by atoms with Crippen molar-refractivity contribution in [3.8, 4) is 6.07 Å². The molecule has 5 heteroatoms. The van der Waals surface area contributed by atoms with E-state index in [9.17, 15) is 10.1 Å². The van der Waals surface area contributed by atoms with Crippen molar-refractivity contribution in [1.29, 1.82) is 5.26 Å². The van der Waals surface area contributed by atoms with Gasteiger partial charge in [-0.15, -0.1) is 11.3 Å². The quantitative estimate of drug-likeness (QED) is 0.838. The average Bonchev–Trinajstić information content (AvgIpc) is 2.98. The third-order valence-corrected chi connectivity index (χ3v) is 5.23. The Hall–Kier alpha value is -1.54. The molecule has 1 aliphatic carbocycles. The van der Waals surface area contributed by atoms with E-state index >= 15 is 0 Å². The molecule has 0 aromatic carbocycles. The molecule has 0 bridgehead atoms. The van der Waals surface area contributed by atoms with Gasteiger partial charge in [0.25, 0.3) is 0 Å². The third-order valence-electron chi connectivity index (χ3n) is 3.87. The van der Waals surface area contributed by atoms with E-state index in [1.165, 1.54) is 10.4 Å². The lowest BCUT2D eigenvalue weighted by molar-refractivity contribution is -0.136. The first-order valence-electron chi connectivity index (χ1n) is 7.54. The number of carboxylic acid groups (broad SMARTS) is 1. The zero-order valence-electron chi connectivity index (χ0n) is 12.7. The summed E-state index contributed by atoms with van der Waals surface area (Å²) in [6.07, 6.45) is 4.31. The maximum atomic E-state index is 10.9. The second-order valence-corrected chi connectivity index (χ2v) is 7.05. The first kappa shape index (κ1) is 15.8. The second kappa shape index (κ2) is 6.95. The molecule has 114 valence electrons. The Morgan fingerprint density at radius 1 is 1.43 bits per heavy atom. The number of fused-ring (bicyclic) bond motifs is 1. The maximum Gasteiger partial charge on any atom is 0.305 e. The molecule has 0 unspecified atom stereocenters. The molecule has 1 heterocycles. The normalized spacial score (nSPS) is 13.2. The molecule has 0 saturated heterocycles. The molecule has 4 nitrogen and oxygen atoms in total. The molecule has 0 fully saturated rings. The number of thiophene rings is 1. The van der Waals surface area contributed by atoms with Gasteiger partial charge in [-0.25, -0.2) is 0 Å². The van der Waals surface area contributed by atoms with Crippen LogP contribution in [0, 0.1) is 17.2 Å². The molecule has 2 rings (SSSR count). The minimum Gasteiger partial charge on any atom is -0.481 e. The van der Waals surface area contributed by atoms with Gasteiger partial charge in [0.1, 0.15) is 11.1 Å². The fourth-order valence-corrected chi connectivity index (χ4v) is 4.08. The Bertz CT molecular complexity index is 557. The van der Waals surface area contributed by atoms with Gasteiger partial charge in [0.05, 0.1) is 12.0 Å². The van der Waals surface area contributed by atoms with Gasteiger partial charge < -0.3 is 10.0 Å². The number of carboxylic acids is 1. The first-order valence-corrected chi connectivity index (χ1v) is 8.36. The van der Waals surface area contributed by atoms with Crippen LogP contribution in [0.25, 0.3) is 0 Å². The number of hydrogen-bond acceptors (Lipinski definition) is 4. The van der Waals surface area contributed by atoms with E-state index in [-0.39, 0.29) is 6.42 Å². The van der Waals surface area contributed by atoms with E-state index < -0.39 is 5.97 Å². The van der Waals surface area contributed by atoms with Gasteiger partial charge in [0.2, 0.25) is 0 Å². The summed E-state index contributed by atoms with van der Waals surface area (Å²) in [6, 6.07) is 2.35. The summed E-state index contributed by atoms with van der Waals surface area (Å²) in [4.78, 5) is 14.3. The van der Waals surface area contributed by atoms with Gasteiger partial charge in [-0.3, -0.25) is 4.79 Å². The van der Waals surface area contributed by atoms with E-state index in [0.717, 1.165) is 42.8 Å². The van der Waals surface area contributed by atoms with Crippen LogP contribution in [0.3, 0.4) is 0 Å². The average molecular weight is 306 g/mol. The van der Waals surface area contributed by atoms with Gasteiger partial charge in [-0.05, 0) is 37.2 Å². The smallest absolute Gasteiger partial charge is 0.305 e. The molecule has 0 aliphatic heterocycles. The highest BCUT2D eigenvalue weighted by Crippen LogP contribution is 2.40. The summed E-state index contributed by atoms with van der Waals surface area (Å²) in [6.45, 7) is 5.62. The Kier molecular flexibility index (Phi) is 5.24. The first-order chi connectivity index (χ1) is 10.0. The van der Waals surface area contributed by atoms with E-state index in [4.69, 9.17) is 5.11 Å². The summed E-state index contributed by atoms with van der Waals surface area (Å²) in [7, 11) is 0. The van der Waals surface area contributed by atoms with Crippen molar-refractivity contribution in [1.82, 2.24) is 0 Å². The van der Waals surface area contributed by atoms with Crippen molar-refractivity contribution < 1.29 is 9.90 Å². The summed E-state index contributed by atoms with van der Waals surface area (Å²) in [5.41, 5.74) is 2.00. The number of carbonyl (C=O) groups is 1. The Labute approximate surface area is 130 Å². The summed E-state index contributed by atoms with van der Waals surface area (Å²) in [5, 5.41) is 19.4. The van der Waals surface area contributed by atoms with Crippen LogP contribution in [0.4, 0.5) is 5.00 Å². The number of aliphatic carboxylic acids is 1. The monoisotopic (exact) mass is 306 g/mol. The number of aryl methyl sites for hydroxylation is 1. The zero-order chi connectivity index (χ0) is 15.4. The van der Waals surface area contributed by atoms with E-state index in [1.807, 2.05) is 0 Å². The van der Waals surface area contributed by atoms with Crippen LogP contribution in [0.15, 0.2) is 0 Å². The number of rotatable bonds is 7. The van der Waals surface area contributed by atoms with E-state index in [2.05, 4.69) is 24.8 Å². The molecule has 1 aromatic heterocycles. The highest BCUT2D eigenvalue weighted by molar-refractivity contribution is 7.16. The third kappa shape index (κ3) is 3.76. The second-order valence-electron chi connectivity index (χ2n) is 5.96. The van der Waals surface area contributed by atoms with Crippen LogP contribution in [0.2, 0.25) is 0 Å². The van der Waals surface area contributed by atoms with Crippen molar-refractivity contribution >= 4 is 22.3 Å². The van der Waals surface area contributed by atoms with Crippen molar-refractivity contribution in [2.45, 2.75) is 46.0 Å². The van der Waals surface area contributed by atoms with Gasteiger partial charge >= 0.3 is 5.97 Å². The zero-order valence-corrected chi connectivity index (χ0v) is 13.5. The van der Waals surface area contributed by atoms with Crippen LogP contribution in [0.1, 0.15) is 49.1 Å². The number of nitrogens with zero attached hydrogens (tertiary/aromatic N) is 2. The standard InChI is InChI=1S/C16H22N2O2S/c1-11(2)6-8-18(9-7-15(19)20)16-13(10-17)12-4-3-5-14(12)21-16/h11H,3-9H2,1-2H3,(H,19,20). The lowest BCUT2D eigenvalue weighted by Crippen LogP contribution is -2.28. The van der Waals surface area contributed by atoms with Crippen LogP contribution in [-0.4, -0.2) is 24.2 Å². The lowest BCUT2D eigenvalue weighted by atomic mass is 10.1. The van der Waals surface area contributed by atoms with E-state index in [1.54, 1.807) is 11.3 Å². The SMILES string of the molecule is CC(C)CCN(CCC(=O)O)c1sc2c(c1C#N)CCC2. The summed E-state index contributed by atoms with van der Waals surface area (Å²) >= 11 is 1.70. The number of nitriles is 1. The van der Waals surface area contributed by atoms with Crippen molar-refractivity contribution in [2.24, 2.45) is 5.92 Å². The van der Waals surface area contributed by atoms with Crippen LogP contribution in [-0.2, 0) is 17.6 Å². The molecule has 1 aliphatic rings. The minimum absolute atomic E-state index is 0.117. The fraction of sp³-hybridized carbons (Fsp3) is 0.625. The predicted octanol–water partition coefficient (Wildman–Crippen LogP) is 3.44. The molecule has 1 aromatic rings. The van der Waals surface area contributed by atoms with Crippen LogP contribution >= 0.6 is 11.3 Å². The largest absolute Gasteiger partial charge is 0.481 e. The van der Waals surface area contributed by atoms with Crippen molar-refractivity contribution in [3.63, 3.8) is 0 Å². The molecular weight excluding hydrogens is 284 g/mol. The maximum absolute atomic E-state index is 10.9. The lowest BCUT2D eigenvalue weighted by Gasteiger charge is -2.24. The summed E-state index contributed by atoms with van der Waals surface area (Å²) in [5.74, 6) is -0.221. The molecular formula is C16H22N2O2S. The molecule has 0 spiro atoms. The topological polar surface area (TPSA) is 64.3 Å². The Balaban J connectivity index is 2.23. The predicted molar refractivity (Wildman–Crippen MR) is 85.0 cm³/mol. The number of hydrogen-bond donors (Lipinski definition) is 1. The molecule has 0 atom stereocenters. The molecule has 1 N–H and O–H groups in total. The van der Waals surface area contributed by atoms with Gasteiger partial charge in [0.15, 0.2) is 0 Å². The molecule has 0 radical (unpaired) electrons. The van der Waals surface area contributed by atoms with Gasteiger partial charge in [0, 0.05) is 18.0 Å². The Morgan fingerprint density at radius 3 is 2.81 bits per heavy atom. The Morgan fingerprint density at radius 2 is 2.19 bits per heavy atom. The molecule has 0 amide bonds.